The van der Waals surface area contributed by atoms with Crippen LogP contribution in [0.1, 0.15) is 38.5 Å². The summed E-state index contributed by atoms with van der Waals surface area (Å²) in [6.45, 7) is 1.55. The second-order valence-electron chi connectivity index (χ2n) is 9.31. The predicted octanol–water partition coefficient (Wildman–Crippen LogP) is 6.62. The smallest absolute Gasteiger partial charge is 0.261 e. The molecule has 38 heavy (non-hydrogen) atoms. The summed E-state index contributed by atoms with van der Waals surface area (Å²) in [5.74, 6) is 1.66. The molecule has 9 heteroatoms. The van der Waals surface area contributed by atoms with Crippen molar-refractivity contribution < 1.29 is 31.9 Å². The van der Waals surface area contributed by atoms with Crippen molar-refractivity contribution in [3.8, 4) is 33.8 Å². The van der Waals surface area contributed by atoms with Crippen molar-refractivity contribution in [3.63, 3.8) is 0 Å². The van der Waals surface area contributed by atoms with Crippen molar-refractivity contribution in [2.75, 3.05) is 19.5 Å². The molecule has 204 valence electrons. The molecule has 2 heterocycles. The summed E-state index contributed by atoms with van der Waals surface area (Å²) < 4.78 is 49.3. The van der Waals surface area contributed by atoms with Gasteiger partial charge in [-0.3, -0.25) is 4.55 Å². The Bertz CT molecular complexity index is 1260. The monoisotopic (exact) mass is 558 g/mol. The minimum absolute atomic E-state index is 0.138. The first-order valence-corrected chi connectivity index (χ1v) is 15.1. The average molecular weight is 559 g/mol. The van der Waals surface area contributed by atoms with E-state index in [4.69, 9.17) is 36.1 Å². The molecule has 0 aromatic heterocycles. The second-order valence-corrected chi connectivity index (χ2v) is 11.3. The van der Waals surface area contributed by atoms with Crippen LogP contribution in [0.15, 0.2) is 71.6 Å². The summed E-state index contributed by atoms with van der Waals surface area (Å²) in [5.41, 5.74) is 4.45. The van der Waals surface area contributed by atoms with Gasteiger partial charge in [-0.05, 0) is 72.7 Å². The lowest BCUT2D eigenvalue weighted by molar-refractivity contribution is -0.106. The summed E-state index contributed by atoms with van der Waals surface area (Å²) in [6, 6.07) is 22.6. The van der Waals surface area contributed by atoms with E-state index >= 15 is 0 Å². The Kier molecular flexibility index (Phi) is 10.1. The molecule has 2 fully saturated rings. The van der Waals surface area contributed by atoms with Gasteiger partial charge in [0.2, 0.25) is 0 Å². The first-order chi connectivity index (χ1) is 18.3. The maximum Gasteiger partial charge on any atom is 0.261 e. The van der Waals surface area contributed by atoms with Crippen LogP contribution in [0.4, 0.5) is 0 Å². The molecular weight excluding hydrogens is 524 g/mol. The normalized spacial score (nSPS) is 19.7. The molecule has 0 amide bonds. The highest BCUT2D eigenvalue weighted by Gasteiger charge is 2.17. The zero-order valence-electron chi connectivity index (χ0n) is 21.4. The maximum absolute atomic E-state index is 9.19. The third-order valence-corrected chi connectivity index (χ3v) is 6.53. The summed E-state index contributed by atoms with van der Waals surface area (Å²) in [7, 11) is -3.67. The fourth-order valence-electron chi connectivity index (χ4n) is 4.41. The standard InChI is InChI=1S/C28H30O4S.CH4O3S/c33-25-7-5-6-24(20-10-14-22(15-11-20)31-26-8-1-3-18-29-26)28(25)21-12-16-23(17-13-21)32-27-9-2-4-19-30-27;1-5(2,3)4/h5-7,10-17,26-27,33H,1-4,8-9,18-19H2;1H3,(H,2,3,4). The number of benzene rings is 3. The predicted molar refractivity (Wildman–Crippen MR) is 150 cm³/mol. The number of ether oxygens (including phenoxy) is 4. The van der Waals surface area contributed by atoms with Gasteiger partial charge in [0, 0.05) is 23.3 Å². The Morgan fingerprint density at radius 3 is 1.68 bits per heavy atom. The molecule has 2 aliphatic heterocycles. The number of thiol groups is 1. The van der Waals surface area contributed by atoms with E-state index in [-0.39, 0.29) is 12.6 Å². The highest BCUT2D eigenvalue weighted by atomic mass is 32.2. The molecule has 0 aliphatic carbocycles. The van der Waals surface area contributed by atoms with Gasteiger partial charge in [0.15, 0.2) is 12.6 Å². The van der Waals surface area contributed by atoms with Gasteiger partial charge in [0.25, 0.3) is 10.1 Å². The second kappa shape index (κ2) is 13.5. The molecule has 2 saturated heterocycles. The quantitative estimate of drug-likeness (QED) is 0.259. The third kappa shape index (κ3) is 8.74. The van der Waals surface area contributed by atoms with Gasteiger partial charge >= 0.3 is 0 Å². The van der Waals surface area contributed by atoms with Crippen LogP contribution in [0.5, 0.6) is 11.5 Å². The molecular formula is C29H34O7S2. The summed E-state index contributed by atoms with van der Waals surface area (Å²) >= 11 is 4.78. The Hall–Kier alpha value is -2.56. The Balaban J connectivity index is 0.000000617. The molecule has 5 rings (SSSR count). The SMILES string of the molecule is CS(=O)(=O)O.Sc1cccc(-c2ccc(OC3CCCCO3)cc2)c1-c1ccc(OC2CCCCO2)cc1. The van der Waals surface area contributed by atoms with Crippen LogP contribution in [0.3, 0.4) is 0 Å². The maximum atomic E-state index is 9.19. The van der Waals surface area contributed by atoms with Crippen molar-refractivity contribution in [3.05, 3.63) is 66.7 Å². The lowest BCUT2D eigenvalue weighted by Crippen LogP contribution is -2.24. The fourth-order valence-corrected chi connectivity index (χ4v) is 4.74. The van der Waals surface area contributed by atoms with E-state index in [0.717, 1.165) is 90.4 Å². The highest BCUT2D eigenvalue weighted by Crippen LogP contribution is 2.38. The van der Waals surface area contributed by atoms with E-state index in [0.29, 0.717) is 6.26 Å². The minimum Gasteiger partial charge on any atom is -0.465 e. The van der Waals surface area contributed by atoms with Crippen molar-refractivity contribution in [1.29, 1.82) is 0 Å². The van der Waals surface area contributed by atoms with Crippen LogP contribution in [0.25, 0.3) is 22.3 Å². The van der Waals surface area contributed by atoms with E-state index < -0.39 is 10.1 Å². The van der Waals surface area contributed by atoms with E-state index in [1.54, 1.807) is 0 Å². The Morgan fingerprint density at radius 2 is 1.24 bits per heavy atom. The topological polar surface area (TPSA) is 91.3 Å². The molecule has 1 N–H and O–H groups in total. The van der Waals surface area contributed by atoms with E-state index in [9.17, 15) is 8.42 Å². The van der Waals surface area contributed by atoms with Gasteiger partial charge in [-0.15, -0.1) is 12.6 Å². The van der Waals surface area contributed by atoms with Crippen LogP contribution < -0.4 is 9.47 Å². The van der Waals surface area contributed by atoms with E-state index in [1.807, 2.05) is 36.4 Å². The molecule has 0 radical (unpaired) electrons. The van der Waals surface area contributed by atoms with Crippen LogP contribution in [0.2, 0.25) is 0 Å². The first kappa shape index (κ1) is 28.4. The first-order valence-electron chi connectivity index (χ1n) is 12.8. The lowest BCUT2D eigenvalue weighted by atomic mass is 9.94. The lowest BCUT2D eigenvalue weighted by Gasteiger charge is -2.23. The van der Waals surface area contributed by atoms with Gasteiger partial charge in [-0.25, -0.2) is 0 Å². The minimum atomic E-state index is -3.67. The third-order valence-electron chi connectivity index (χ3n) is 6.16. The molecule has 2 unspecified atom stereocenters. The zero-order valence-corrected chi connectivity index (χ0v) is 23.1. The van der Waals surface area contributed by atoms with Crippen molar-refractivity contribution in [2.45, 2.75) is 56.0 Å². The fraction of sp³-hybridized carbons (Fsp3) is 0.379. The van der Waals surface area contributed by atoms with Gasteiger partial charge in [-0.1, -0.05) is 36.4 Å². The molecule has 2 aliphatic rings. The number of rotatable bonds is 6. The largest absolute Gasteiger partial charge is 0.465 e. The van der Waals surface area contributed by atoms with Crippen molar-refractivity contribution >= 4 is 22.7 Å². The number of hydrogen-bond acceptors (Lipinski definition) is 7. The van der Waals surface area contributed by atoms with Crippen molar-refractivity contribution in [2.24, 2.45) is 0 Å². The van der Waals surface area contributed by atoms with Gasteiger partial charge in [-0.2, -0.15) is 8.42 Å². The van der Waals surface area contributed by atoms with Crippen LogP contribution in [-0.2, 0) is 19.6 Å². The van der Waals surface area contributed by atoms with Gasteiger partial charge < -0.3 is 18.9 Å². The molecule has 3 aromatic rings. The van der Waals surface area contributed by atoms with E-state index in [2.05, 4.69) is 30.3 Å². The van der Waals surface area contributed by atoms with Gasteiger partial charge in [0.1, 0.15) is 11.5 Å². The van der Waals surface area contributed by atoms with Gasteiger partial charge in [0.05, 0.1) is 19.5 Å². The van der Waals surface area contributed by atoms with E-state index in [1.165, 1.54) is 0 Å². The molecule has 7 nitrogen and oxygen atoms in total. The average Bonchev–Trinajstić information content (AvgIpc) is 2.90. The molecule has 0 saturated carbocycles. The summed E-state index contributed by atoms with van der Waals surface area (Å²) in [5, 5.41) is 0. The zero-order chi connectivity index (χ0) is 27.0. The van der Waals surface area contributed by atoms with Crippen LogP contribution in [0, 0.1) is 0 Å². The number of hydrogen-bond donors (Lipinski definition) is 2. The highest BCUT2D eigenvalue weighted by molar-refractivity contribution is 7.85. The molecule has 2 atom stereocenters. The molecule has 0 bridgehead atoms. The summed E-state index contributed by atoms with van der Waals surface area (Å²) in [6.07, 6.45) is 6.85. The molecule has 0 spiro atoms. The Morgan fingerprint density at radius 1 is 0.763 bits per heavy atom. The van der Waals surface area contributed by atoms with Crippen LogP contribution >= 0.6 is 12.6 Å². The van der Waals surface area contributed by atoms with Crippen LogP contribution in [-0.4, -0.2) is 45.0 Å². The van der Waals surface area contributed by atoms with Crippen molar-refractivity contribution in [1.82, 2.24) is 0 Å². The summed E-state index contributed by atoms with van der Waals surface area (Å²) in [4.78, 5) is 0.938. The molecule has 3 aromatic carbocycles. The Labute approximate surface area is 230 Å².